The van der Waals surface area contributed by atoms with Gasteiger partial charge in [-0.15, -0.1) is 0 Å². The third-order valence-electron chi connectivity index (χ3n) is 2.83. The number of rotatable bonds is 4. The second kappa shape index (κ2) is 5.52. The van der Waals surface area contributed by atoms with Crippen LogP contribution in [0.4, 0.5) is 5.69 Å². The third kappa shape index (κ3) is 2.57. The predicted octanol–water partition coefficient (Wildman–Crippen LogP) is 0.810. The zero-order valence-corrected chi connectivity index (χ0v) is 11.0. The molecule has 0 saturated carbocycles. The van der Waals surface area contributed by atoms with Crippen molar-refractivity contribution in [3.05, 3.63) is 45.8 Å². The molecular weight excluding hydrogens is 294 g/mol. The average molecular weight is 303 g/mol. The summed E-state index contributed by atoms with van der Waals surface area (Å²) >= 11 is 0. The molecule has 22 heavy (non-hydrogen) atoms. The molecule has 1 aromatic heterocycles. The first-order valence-electron chi connectivity index (χ1n) is 6.06. The molecule has 3 rings (SSSR count). The Kier molecular flexibility index (Phi) is 3.40. The lowest BCUT2D eigenvalue weighted by Gasteiger charge is -2.00. The number of fused-ring (bicyclic) bond motifs is 1. The number of hydrazone groups is 1. The molecule has 0 aliphatic carbocycles. The number of nitro benzene ring substituents is 1. The number of hydrogen-bond acceptors (Lipinski definition) is 7. The van der Waals surface area contributed by atoms with Gasteiger partial charge in [-0.3, -0.25) is 20.0 Å². The molecule has 10 heteroatoms. The minimum absolute atomic E-state index is 0.00361. The molecule has 0 unspecified atom stereocenters. The average Bonchev–Trinajstić information content (AvgIpc) is 3.17. The first kappa shape index (κ1) is 13.5. The second-order valence-corrected chi connectivity index (χ2v) is 4.19. The number of carbonyl (C=O) groups is 1. The Morgan fingerprint density at radius 3 is 2.91 bits per heavy atom. The molecule has 0 fully saturated rings. The molecule has 0 radical (unpaired) electrons. The van der Waals surface area contributed by atoms with Gasteiger partial charge in [0.25, 0.3) is 11.6 Å². The molecule has 2 heterocycles. The van der Waals surface area contributed by atoms with Crippen molar-refractivity contribution in [1.82, 2.24) is 15.6 Å². The highest BCUT2D eigenvalue weighted by Crippen LogP contribution is 2.37. The first-order chi connectivity index (χ1) is 10.6. The Hall–Kier alpha value is -3.43. The normalized spacial score (nSPS) is 12.5. The number of hydrogen-bond donors (Lipinski definition) is 2. The molecule has 0 atom stereocenters. The number of aromatic nitrogens is 2. The number of ether oxygens (including phenoxy) is 2. The largest absolute Gasteiger partial charge is 0.454 e. The van der Waals surface area contributed by atoms with Gasteiger partial charge < -0.3 is 9.47 Å². The topological polar surface area (TPSA) is 132 Å². The van der Waals surface area contributed by atoms with Crippen LogP contribution in [0.3, 0.4) is 0 Å². The van der Waals surface area contributed by atoms with Gasteiger partial charge in [-0.25, -0.2) is 5.43 Å². The summed E-state index contributed by atoms with van der Waals surface area (Å²) in [6.45, 7) is 0.00361. The maximum Gasteiger partial charge on any atom is 0.289 e. The lowest BCUT2D eigenvalue weighted by atomic mass is 10.1. The quantitative estimate of drug-likeness (QED) is 0.488. The fraction of sp³-hybridized carbons (Fsp3) is 0.0833. The Bertz CT molecular complexity index is 756. The summed E-state index contributed by atoms with van der Waals surface area (Å²) in [5.74, 6) is 0.162. The molecular formula is C12H9N5O5. The number of aromatic amines is 1. The van der Waals surface area contributed by atoms with E-state index in [4.69, 9.17) is 9.47 Å². The summed E-state index contributed by atoms with van der Waals surface area (Å²) < 4.78 is 10.2. The third-order valence-corrected chi connectivity index (χ3v) is 2.83. The summed E-state index contributed by atoms with van der Waals surface area (Å²) in [7, 11) is 0. The van der Waals surface area contributed by atoms with Gasteiger partial charge in [0.15, 0.2) is 11.5 Å². The van der Waals surface area contributed by atoms with E-state index < -0.39 is 10.8 Å². The van der Waals surface area contributed by atoms with Gasteiger partial charge >= 0.3 is 0 Å². The second-order valence-electron chi connectivity index (χ2n) is 4.19. The van der Waals surface area contributed by atoms with E-state index in [9.17, 15) is 14.9 Å². The fourth-order valence-electron chi connectivity index (χ4n) is 1.81. The van der Waals surface area contributed by atoms with Crippen LogP contribution in [0.5, 0.6) is 11.5 Å². The SMILES string of the molecule is O=C(NN=Cc1cc2c(cc1[N+](=O)[O-])OCO2)c1ccn[nH]1. The zero-order chi connectivity index (χ0) is 15.5. The number of nitrogens with one attached hydrogen (secondary N) is 2. The minimum atomic E-state index is -0.569. The van der Waals surface area contributed by atoms with Gasteiger partial charge in [-0.1, -0.05) is 0 Å². The molecule has 2 N–H and O–H groups in total. The molecule has 10 nitrogen and oxygen atoms in total. The number of carbonyl (C=O) groups excluding carboxylic acids is 1. The van der Waals surface area contributed by atoms with Crippen LogP contribution >= 0.6 is 0 Å². The Morgan fingerprint density at radius 1 is 1.45 bits per heavy atom. The van der Waals surface area contributed by atoms with Crippen molar-refractivity contribution in [3.8, 4) is 11.5 Å². The van der Waals surface area contributed by atoms with Crippen LogP contribution in [0.25, 0.3) is 0 Å². The lowest BCUT2D eigenvalue weighted by Crippen LogP contribution is -2.18. The van der Waals surface area contributed by atoms with Gasteiger partial charge in [-0.05, 0) is 12.1 Å². The fourth-order valence-corrected chi connectivity index (χ4v) is 1.81. The molecule has 2 aromatic rings. The molecule has 0 spiro atoms. The van der Waals surface area contributed by atoms with Crippen LogP contribution in [0.2, 0.25) is 0 Å². The van der Waals surface area contributed by atoms with Crippen molar-refractivity contribution >= 4 is 17.8 Å². The standard InChI is InChI=1S/C12H9N5O5/c18-12(8-1-2-13-15-8)16-14-5-7-3-10-11(22-6-21-10)4-9(7)17(19)20/h1-5H,6H2,(H,13,15)(H,16,18). The summed E-state index contributed by atoms with van der Waals surface area (Å²) in [5, 5.41) is 20.8. The van der Waals surface area contributed by atoms with E-state index >= 15 is 0 Å². The van der Waals surface area contributed by atoms with E-state index in [1.54, 1.807) is 0 Å². The molecule has 0 bridgehead atoms. The number of H-pyrrole nitrogens is 1. The van der Waals surface area contributed by atoms with Crippen molar-refractivity contribution < 1.29 is 19.2 Å². The van der Waals surface area contributed by atoms with E-state index in [2.05, 4.69) is 20.7 Å². The van der Waals surface area contributed by atoms with Gasteiger partial charge in [0.2, 0.25) is 6.79 Å². The number of amides is 1. The summed E-state index contributed by atoms with van der Waals surface area (Å²) in [6, 6.07) is 4.14. The van der Waals surface area contributed by atoms with Crippen molar-refractivity contribution in [2.24, 2.45) is 5.10 Å². The van der Waals surface area contributed by atoms with Gasteiger partial charge in [0.05, 0.1) is 22.8 Å². The van der Waals surface area contributed by atoms with Gasteiger partial charge in [0, 0.05) is 6.20 Å². The van der Waals surface area contributed by atoms with Crippen LogP contribution in [-0.4, -0.2) is 34.0 Å². The predicted molar refractivity (Wildman–Crippen MR) is 72.9 cm³/mol. The monoisotopic (exact) mass is 303 g/mol. The van der Waals surface area contributed by atoms with Crippen LogP contribution in [0.1, 0.15) is 16.1 Å². The summed E-state index contributed by atoms with van der Waals surface area (Å²) in [6.07, 6.45) is 2.58. The van der Waals surface area contributed by atoms with Gasteiger partial charge in [-0.2, -0.15) is 10.2 Å². The number of nitro groups is 1. The lowest BCUT2D eigenvalue weighted by molar-refractivity contribution is -0.385. The molecule has 1 amide bonds. The Labute approximate surface area is 122 Å². The van der Waals surface area contributed by atoms with E-state index in [-0.39, 0.29) is 23.7 Å². The highest BCUT2D eigenvalue weighted by atomic mass is 16.7. The number of benzene rings is 1. The Balaban J connectivity index is 1.81. The van der Waals surface area contributed by atoms with Crippen molar-refractivity contribution in [3.63, 3.8) is 0 Å². The maximum atomic E-state index is 11.6. The Morgan fingerprint density at radius 2 is 2.23 bits per heavy atom. The number of nitrogens with zero attached hydrogens (tertiary/aromatic N) is 3. The zero-order valence-electron chi connectivity index (χ0n) is 11.0. The van der Waals surface area contributed by atoms with Crippen molar-refractivity contribution in [2.75, 3.05) is 6.79 Å². The highest BCUT2D eigenvalue weighted by molar-refractivity contribution is 5.93. The first-order valence-corrected chi connectivity index (χ1v) is 6.06. The van der Waals surface area contributed by atoms with Gasteiger partial charge in [0.1, 0.15) is 5.69 Å². The van der Waals surface area contributed by atoms with E-state index in [0.29, 0.717) is 11.5 Å². The molecule has 0 saturated heterocycles. The van der Waals surface area contributed by atoms with Crippen LogP contribution in [0.15, 0.2) is 29.5 Å². The smallest absolute Gasteiger partial charge is 0.289 e. The molecule has 1 aliphatic heterocycles. The van der Waals surface area contributed by atoms with Crippen LogP contribution < -0.4 is 14.9 Å². The summed E-state index contributed by atoms with van der Waals surface area (Å²) in [5.41, 5.74) is 2.43. The summed E-state index contributed by atoms with van der Waals surface area (Å²) in [4.78, 5) is 22.1. The minimum Gasteiger partial charge on any atom is -0.454 e. The highest BCUT2D eigenvalue weighted by Gasteiger charge is 2.22. The maximum absolute atomic E-state index is 11.6. The van der Waals surface area contributed by atoms with Crippen LogP contribution in [0, 0.1) is 10.1 Å². The molecule has 112 valence electrons. The van der Waals surface area contributed by atoms with E-state index in [0.717, 1.165) is 6.21 Å². The molecule has 1 aliphatic rings. The molecule has 1 aromatic carbocycles. The van der Waals surface area contributed by atoms with E-state index in [1.165, 1.54) is 24.4 Å². The van der Waals surface area contributed by atoms with E-state index in [1.807, 2.05) is 0 Å². The van der Waals surface area contributed by atoms with Crippen molar-refractivity contribution in [2.45, 2.75) is 0 Å². The van der Waals surface area contributed by atoms with Crippen LogP contribution in [-0.2, 0) is 0 Å². The van der Waals surface area contributed by atoms with Crippen molar-refractivity contribution in [1.29, 1.82) is 0 Å².